The second-order valence-electron chi connectivity index (χ2n) is 9.67. The van der Waals surface area contributed by atoms with E-state index in [0.717, 1.165) is 6.42 Å². The highest BCUT2D eigenvalue weighted by molar-refractivity contribution is 6.42. The van der Waals surface area contributed by atoms with Gasteiger partial charge >= 0.3 is 6.09 Å². The Morgan fingerprint density at radius 1 is 1.09 bits per heavy atom. The number of likely N-dealkylation sites (tertiary alicyclic amines) is 2. The summed E-state index contributed by atoms with van der Waals surface area (Å²) in [5.74, 6) is -0.445. The fourth-order valence-corrected chi connectivity index (χ4v) is 4.88. The summed E-state index contributed by atoms with van der Waals surface area (Å²) in [5, 5.41) is 21.6. The van der Waals surface area contributed by atoms with Crippen molar-refractivity contribution in [3.63, 3.8) is 0 Å². The predicted octanol–water partition coefficient (Wildman–Crippen LogP) is 4.62. The van der Waals surface area contributed by atoms with E-state index >= 15 is 0 Å². The van der Waals surface area contributed by atoms with Crippen LogP contribution in [0.5, 0.6) is 5.75 Å². The molecule has 7 nitrogen and oxygen atoms in total. The summed E-state index contributed by atoms with van der Waals surface area (Å²) < 4.78 is 5.42. The summed E-state index contributed by atoms with van der Waals surface area (Å²) in [6, 6.07) is 2.92. The van der Waals surface area contributed by atoms with Crippen molar-refractivity contribution in [2.24, 2.45) is 11.8 Å². The van der Waals surface area contributed by atoms with Crippen molar-refractivity contribution in [1.29, 1.82) is 0 Å². The van der Waals surface area contributed by atoms with Crippen molar-refractivity contribution >= 4 is 35.2 Å². The number of amides is 2. The number of benzene rings is 1. The second-order valence-corrected chi connectivity index (χ2v) is 10.5. The molecule has 9 heteroatoms. The maximum Gasteiger partial charge on any atom is 0.410 e. The average molecular weight is 487 g/mol. The molecular formula is C23H32Cl2N2O5. The summed E-state index contributed by atoms with van der Waals surface area (Å²) in [5.41, 5.74) is -0.326. The minimum atomic E-state index is -0.967. The molecule has 1 aromatic rings. The first-order valence-corrected chi connectivity index (χ1v) is 11.8. The molecule has 32 heavy (non-hydrogen) atoms. The zero-order valence-electron chi connectivity index (χ0n) is 18.8. The lowest BCUT2D eigenvalue weighted by Crippen LogP contribution is -2.40. The molecule has 0 spiro atoms. The maximum absolute atomic E-state index is 13.1. The van der Waals surface area contributed by atoms with Crippen LogP contribution in [0.4, 0.5) is 4.79 Å². The molecule has 178 valence electrons. The Hall–Kier alpha value is -1.70. The van der Waals surface area contributed by atoms with Crippen LogP contribution in [0, 0.1) is 11.8 Å². The standard InChI is InChI=1S/C23H32Cl2N2O5/c1-23(2,3)32-22(31)27-12-9-15(13-27)21(30)26-10-4-5-14(8-11-26)20(29)18-17(28)7-6-16(24)19(18)25/h6-7,14-15,20,28-29H,4-5,8-13H2,1-3H3/t14-,15-,20+/m0/s1. The molecule has 0 saturated carbocycles. The van der Waals surface area contributed by atoms with E-state index in [1.165, 1.54) is 12.1 Å². The van der Waals surface area contributed by atoms with E-state index in [1.54, 1.807) is 4.90 Å². The Balaban J connectivity index is 1.59. The number of carbonyl (C=O) groups excluding carboxylic acids is 2. The molecule has 3 atom stereocenters. The van der Waals surface area contributed by atoms with Crippen molar-refractivity contribution in [2.45, 2.75) is 58.2 Å². The summed E-state index contributed by atoms with van der Waals surface area (Å²) >= 11 is 12.3. The maximum atomic E-state index is 13.1. The van der Waals surface area contributed by atoms with E-state index in [9.17, 15) is 19.8 Å². The number of ether oxygens (including phenoxy) is 1. The van der Waals surface area contributed by atoms with Crippen LogP contribution in [-0.4, -0.2) is 63.8 Å². The minimum absolute atomic E-state index is 0.0369. The van der Waals surface area contributed by atoms with Gasteiger partial charge in [0.15, 0.2) is 0 Å². The van der Waals surface area contributed by atoms with Crippen LogP contribution in [0.2, 0.25) is 10.0 Å². The van der Waals surface area contributed by atoms with Crippen molar-refractivity contribution in [3.05, 3.63) is 27.7 Å². The Morgan fingerprint density at radius 2 is 1.78 bits per heavy atom. The lowest BCUT2D eigenvalue weighted by molar-refractivity contribution is -0.135. The molecule has 2 amide bonds. The van der Waals surface area contributed by atoms with Gasteiger partial charge < -0.3 is 24.7 Å². The van der Waals surface area contributed by atoms with Crippen LogP contribution >= 0.6 is 23.2 Å². The van der Waals surface area contributed by atoms with Crippen LogP contribution in [0.1, 0.15) is 58.1 Å². The van der Waals surface area contributed by atoms with E-state index in [0.29, 0.717) is 45.4 Å². The number of hydrogen-bond donors (Lipinski definition) is 2. The third kappa shape index (κ3) is 5.80. The SMILES string of the molecule is CC(C)(C)OC(=O)N1CC[C@H](C(=O)N2CCC[C@H]([C@@H](O)c3c(O)ccc(Cl)c3Cl)CC2)C1. The molecule has 3 rings (SSSR count). The Bertz CT molecular complexity index is 858. The largest absolute Gasteiger partial charge is 0.508 e. The minimum Gasteiger partial charge on any atom is -0.508 e. The van der Waals surface area contributed by atoms with Gasteiger partial charge in [-0.25, -0.2) is 4.79 Å². The Labute approximate surface area is 199 Å². The number of halogens is 2. The topological polar surface area (TPSA) is 90.3 Å². The van der Waals surface area contributed by atoms with E-state index in [1.807, 2.05) is 25.7 Å². The molecule has 0 unspecified atom stereocenters. The highest BCUT2D eigenvalue weighted by Crippen LogP contribution is 2.42. The highest BCUT2D eigenvalue weighted by atomic mass is 35.5. The number of phenols is 1. The lowest BCUT2D eigenvalue weighted by Gasteiger charge is -2.26. The van der Waals surface area contributed by atoms with Crippen LogP contribution < -0.4 is 0 Å². The third-order valence-electron chi connectivity index (χ3n) is 6.13. The zero-order valence-corrected chi connectivity index (χ0v) is 20.3. The molecule has 0 bridgehead atoms. The fraction of sp³-hybridized carbons (Fsp3) is 0.652. The van der Waals surface area contributed by atoms with Gasteiger partial charge in [-0.1, -0.05) is 23.2 Å². The van der Waals surface area contributed by atoms with Crippen molar-refractivity contribution < 1.29 is 24.5 Å². The van der Waals surface area contributed by atoms with Gasteiger partial charge in [-0.05, 0) is 64.5 Å². The van der Waals surface area contributed by atoms with Crippen molar-refractivity contribution in [2.75, 3.05) is 26.2 Å². The Kier molecular flexibility index (Phi) is 7.84. The Morgan fingerprint density at radius 3 is 2.47 bits per heavy atom. The number of carbonyl (C=O) groups is 2. The highest BCUT2D eigenvalue weighted by Gasteiger charge is 2.37. The monoisotopic (exact) mass is 486 g/mol. The van der Waals surface area contributed by atoms with Gasteiger partial charge in [0, 0.05) is 31.7 Å². The molecule has 2 fully saturated rings. The summed E-state index contributed by atoms with van der Waals surface area (Å²) in [6.45, 7) is 7.43. The summed E-state index contributed by atoms with van der Waals surface area (Å²) in [6.07, 6.45) is 1.27. The van der Waals surface area contributed by atoms with Gasteiger partial charge in [-0.15, -0.1) is 0 Å². The van der Waals surface area contributed by atoms with E-state index in [2.05, 4.69) is 0 Å². The summed E-state index contributed by atoms with van der Waals surface area (Å²) in [7, 11) is 0. The first-order chi connectivity index (χ1) is 15.0. The second kappa shape index (κ2) is 10.1. The lowest BCUT2D eigenvalue weighted by atomic mass is 9.89. The predicted molar refractivity (Wildman–Crippen MR) is 123 cm³/mol. The molecule has 0 aromatic heterocycles. The number of rotatable bonds is 3. The first-order valence-electron chi connectivity index (χ1n) is 11.1. The van der Waals surface area contributed by atoms with Crippen LogP contribution in [-0.2, 0) is 9.53 Å². The van der Waals surface area contributed by atoms with E-state index < -0.39 is 11.7 Å². The normalized spacial score (nSPS) is 23.1. The number of hydrogen-bond acceptors (Lipinski definition) is 5. The molecule has 2 heterocycles. The number of phenolic OH excluding ortho intramolecular Hbond substituents is 1. The van der Waals surface area contributed by atoms with Gasteiger partial charge in [-0.2, -0.15) is 0 Å². The summed E-state index contributed by atoms with van der Waals surface area (Å²) in [4.78, 5) is 28.8. The zero-order chi connectivity index (χ0) is 23.6. The molecule has 2 saturated heterocycles. The van der Waals surface area contributed by atoms with Gasteiger partial charge in [-0.3, -0.25) is 4.79 Å². The number of aliphatic hydroxyl groups excluding tert-OH is 1. The molecule has 0 aliphatic carbocycles. The quantitative estimate of drug-likeness (QED) is 0.650. The van der Waals surface area contributed by atoms with Crippen molar-refractivity contribution in [1.82, 2.24) is 9.80 Å². The van der Waals surface area contributed by atoms with Gasteiger partial charge in [0.2, 0.25) is 5.91 Å². The van der Waals surface area contributed by atoms with Crippen LogP contribution in [0.15, 0.2) is 12.1 Å². The molecule has 2 N–H and O–H groups in total. The van der Waals surface area contributed by atoms with Gasteiger partial charge in [0.05, 0.1) is 22.1 Å². The van der Waals surface area contributed by atoms with Gasteiger partial charge in [0.1, 0.15) is 11.4 Å². The van der Waals surface area contributed by atoms with Crippen molar-refractivity contribution in [3.8, 4) is 5.75 Å². The third-order valence-corrected chi connectivity index (χ3v) is 6.94. The first kappa shape index (κ1) is 24.9. The smallest absolute Gasteiger partial charge is 0.410 e. The number of nitrogens with zero attached hydrogens (tertiary/aromatic N) is 2. The van der Waals surface area contributed by atoms with Crippen LogP contribution in [0.3, 0.4) is 0 Å². The van der Waals surface area contributed by atoms with E-state index in [4.69, 9.17) is 27.9 Å². The number of aliphatic hydroxyl groups is 1. The molecular weight excluding hydrogens is 455 g/mol. The molecule has 2 aliphatic heterocycles. The van der Waals surface area contributed by atoms with E-state index in [-0.39, 0.29) is 45.2 Å². The number of aromatic hydroxyl groups is 1. The average Bonchev–Trinajstić information content (AvgIpc) is 3.08. The van der Waals surface area contributed by atoms with Crippen LogP contribution in [0.25, 0.3) is 0 Å². The van der Waals surface area contributed by atoms with Gasteiger partial charge in [0.25, 0.3) is 0 Å². The molecule has 2 aliphatic rings. The molecule has 1 aromatic carbocycles. The fourth-order valence-electron chi connectivity index (χ4n) is 4.44. The molecule has 0 radical (unpaired) electrons.